The lowest BCUT2D eigenvalue weighted by atomic mass is 10.1. The summed E-state index contributed by atoms with van der Waals surface area (Å²) in [4.78, 5) is 21.2. The number of ether oxygens (including phenoxy) is 1. The van der Waals surface area contributed by atoms with Gasteiger partial charge in [-0.15, -0.1) is 0 Å². The van der Waals surface area contributed by atoms with Crippen LogP contribution >= 0.6 is 11.5 Å². The van der Waals surface area contributed by atoms with Crippen LogP contribution in [0.2, 0.25) is 0 Å². The van der Waals surface area contributed by atoms with Gasteiger partial charge in [0.05, 0.1) is 7.11 Å². The number of carbonyl (C=O) groups excluding carboxylic acids is 1. The lowest BCUT2D eigenvalue weighted by Crippen LogP contribution is -2.48. The zero-order chi connectivity index (χ0) is 16.2. The molecule has 7 heteroatoms. The van der Waals surface area contributed by atoms with Crippen LogP contribution in [0.3, 0.4) is 0 Å². The van der Waals surface area contributed by atoms with Crippen molar-refractivity contribution in [3.8, 4) is 5.75 Å². The van der Waals surface area contributed by atoms with Crippen LogP contribution < -0.4 is 9.64 Å². The van der Waals surface area contributed by atoms with Crippen molar-refractivity contribution < 1.29 is 9.53 Å². The third-order valence-corrected chi connectivity index (χ3v) is 4.74. The fraction of sp³-hybridized carbons (Fsp3) is 0.438. The molecule has 1 aromatic carbocycles. The van der Waals surface area contributed by atoms with Gasteiger partial charge in [-0.05, 0) is 18.2 Å². The zero-order valence-corrected chi connectivity index (χ0v) is 14.2. The van der Waals surface area contributed by atoms with Crippen molar-refractivity contribution >= 4 is 22.6 Å². The molecule has 0 aliphatic carbocycles. The lowest BCUT2D eigenvalue weighted by Gasteiger charge is -2.34. The van der Waals surface area contributed by atoms with Gasteiger partial charge in [0, 0.05) is 49.7 Å². The van der Waals surface area contributed by atoms with Crippen molar-refractivity contribution in [1.29, 1.82) is 0 Å². The first-order valence-electron chi connectivity index (χ1n) is 7.72. The van der Waals surface area contributed by atoms with E-state index in [9.17, 15) is 4.79 Å². The van der Waals surface area contributed by atoms with E-state index >= 15 is 0 Å². The van der Waals surface area contributed by atoms with Gasteiger partial charge in [0.25, 0.3) is 5.91 Å². The number of anilines is 1. The maximum atomic E-state index is 12.6. The summed E-state index contributed by atoms with van der Waals surface area (Å²) in [5.74, 6) is 1.64. The average molecular weight is 332 g/mol. The van der Waals surface area contributed by atoms with Gasteiger partial charge in [-0.1, -0.05) is 13.0 Å². The quantitative estimate of drug-likeness (QED) is 0.858. The second kappa shape index (κ2) is 6.95. The van der Waals surface area contributed by atoms with Crippen molar-refractivity contribution in [2.75, 3.05) is 38.2 Å². The smallest absolute Gasteiger partial charge is 0.254 e. The van der Waals surface area contributed by atoms with E-state index in [4.69, 9.17) is 4.74 Å². The highest BCUT2D eigenvalue weighted by molar-refractivity contribution is 7.09. The van der Waals surface area contributed by atoms with Crippen molar-refractivity contribution in [3.05, 3.63) is 35.7 Å². The molecule has 3 rings (SSSR count). The fourth-order valence-electron chi connectivity index (χ4n) is 2.56. The molecule has 0 N–H and O–H groups in total. The Hall–Kier alpha value is -2.15. The predicted octanol–water partition coefficient (Wildman–Crippen LogP) is 2.07. The van der Waals surface area contributed by atoms with Gasteiger partial charge in [0.15, 0.2) is 0 Å². The van der Waals surface area contributed by atoms with Crippen LogP contribution in [0.15, 0.2) is 24.3 Å². The van der Waals surface area contributed by atoms with Gasteiger partial charge in [-0.25, -0.2) is 4.98 Å². The Balaban J connectivity index is 1.62. The maximum Gasteiger partial charge on any atom is 0.254 e. The molecule has 6 nitrogen and oxygen atoms in total. The number of rotatable bonds is 4. The van der Waals surface area contributed by atoms with E-state index < -0.39 is 0 Å². The van der Waals surface area contributed by atoms with Crippen LogP contribution in [-0.4, -0.2) is 53.5 Å². The van der Waals surface area contributed by atoms with Crippen LogP contribution in [0.4, 0.5) is 5.13 Å². The Morgan fingerprint density at radius 1 is 1.30 bits per heavy atom. The van der Waals surface area contributed by atoms with Crippen LogP contribution in [0.5, 0.6) is 5.75 Å². The molecule has 1 fully saturated rings. The second-order valence-corrected chi connectivity index (χ2v) is 6.09. The highest BCUT2D eigenvalue weighted by atomic mass is 32.1. The van der Waals surface area contributed by atoms with Crippen LogP contribution in [0, 0.1) is 0 Å². The monoisotopic (exact) mass is 332 g/mol. The molecule has 1 aromatic heterocycles. The van der Waals surface area contributed by atoms with Crippen LogP contribution in [0.1, 0.15) is 23.1 Å². The topological polar surface area (TPSA) is 58.6 Å². The Kier molecular flexibility index (Phi) is 4.76. The molecule has 1 amide bonds. The number of aryl methyl sites for hydroxylation is 1. The summed E-state index contributed by atoms with van der Waals surface area (Å²) >= 11 is 1.44. The molecule has 122 valence electrons. The Morgan fingerprint density at radius 2 is 2.09 bits per heavy atom. The third kappa shape index (κ3) is 3.44. The number of methoxy groups -OCH3 is 1. The molecule has 0 radical (unpaired) electrons. The SMILES string of the molecule is CCc1nsc(N2CCN(C(=O)c3cccc(OC)c3)CC2)n1. The normalized spacial score (nSPS) is 14.9. The maximum absolute atomic E-state index is 12.6. The number of carbonyl (C=O) groups is 1. The van der Waals surface area contributed by atoms with Crippen molar-refractivity contribution in [3.63, 3.8) is 0 Å². The summed E-state index contributed by atoms with van der Waals surface area (Å²) in [6, 6.07) is 7.30. The van der Waals surface area contributed by atoms with E-state index in [1.807, 2.05) is 23.1 Å². The Bertz CT molecular complexity index is 680. The summed E-state index contributed by atoms with van der Waals surface area (Å²) in [5, 5.41) is 0.954. The van der Waals surface area contributed by atoms with Crippen LogP contribution in [0.25, 0.3) is 0 Å². The Labute approximate surface area is 139 Å². The summed E-state index contributed by atoms with van der Waals surface area (Å²) < 4.78 is 9.51. The molecule has 1 aliphatic heterocycles. The van der Waals surface area contributed by atoms with Gasteiger partial charge in [-0.2, -0.15) is 4.37 Å². The highest BCUT2D eigenvalue weighted by Crippen LogP contribution is 2.20. The minimum atomic E-state index is 0.0510. The molecule has 1 aliphatic rings. The molecular formula is C16H20N4O2S. The van der Waals surface area contributed by atoms with E-state index in [-0.39, 0.29) is 5.91 Å². The first-order chi connectivity index (χ1) is 11.2. The van der Waals surface area contributed by atoms with E-state index in [0.29, 0.717) is 24.4 Å². The van der Waals surface area contributed by atoms with Crippen molar-refractivity contribution in [2.24, 2.45) is 0 Å². The number of benzene rings is 1. The van der Waals surface area contributed by atoms with E-state index in [1.54, 1.807) is 13.2 Å². The van der Waals surface area contributed by atoms with Crippen LogP contribution in [-0.2, 0) is 6.42 Å². The number of hydrogen-bond acceptors (Lipinski definition) is 6. The standard InChI is InChI=1S/C16H20N4O2S/c1-3-14-17-16(23-18-14)20-9-7-19(8-10-20)15(21)12-5-4-6-13(11-12)22-2/h4-6,11H,3,7-10H2,1-2H3. The second-order valence-electron chi connectivity index (χ2n) is 5.36. The molecule has 0 atom stereocenters. The number of hydrogen-bond donors (Lipinski definition) is 0. The molecule has 0 spiro atoms. The van der Waals surface area contributed by atoms with Crippen molar-refractivity contribution in [1.82, 2.24) is 14.3 Å². The molecule has 2 heterocycles. The molecule has 23 heavy (non-hydrogen) atoms. The first kappa shape index (κ1) is 15.7. The van der Waals surface area contributed by atoms with Gasteiger partial charge in [-0.3, -0.25) is 4.79 Å². The van der Waals surface area contributed by atoms with E-state index in [0.717, 1.165) is 30.5 Å². The molecule has 0 saturated carbocycles. The van der Waals surface area contributed by atoms with Gasteiger partial charge >= 0.3 is 0 Å². The van der Waals surface area contributed by atoms with E-state index in [1.165, 1.54) is 11.5 Å². The predicted molar refractivity (Wildman–Crippen MR) is 90.4 cm³/mol. The first-order valence-corrected chi connectivity index (χ1v) is 8.49. The number of nitrogens with zero attached hydrogens (tertiary/aromatic N) is 4. The largest absolute Gasteiger partial charge is 0.497 e. The number of amides is 1. The van der Waals surface area contributed by atoms with Crippen molar-refractivity contribution in [2.45, 2.75) is 13.3 Å². The Morgan fingerprint density at radius 3 is 2.74 bits per heavy atom. The number of aromatic nitrogens is 2. The van der Waals surface area contributed by atoms with E-state index in [2.05, 4.69) is 21.2 Å². The third-order valence-electron chi connectivity index (χ3n) is 3.93. The number of piperazine rings is 1. The zero-order valence-electron chi connectivity index (χ0n) is 13.4. The summed E-state index contributed by atoms with van der Waals surface area (Å²) in [5.41, 5.74) is 0.669. The molecule has 1 saturated heterocycles. The van der Waals surface area contributed by atoms with Gasteiger partial charge in [0.2, 0.25) is 5.13 Å². The summed E-state index contributed by atoms with van der Waals surface area (Å²) in [6.45, 7) is 5.01. The summed E-state index contributed by atoms with van der Waals surface area (Å²) in [7, 11) is 1.61. The molecule has 0 unspecified atom stereocenters. The minimum absolute atomic E-state index is 0.0510. The molecular weight excluding hydrogens is 312 g/mol. The molecule has 2 aromatic rings. The lowest BCUT2D eigenvalue weighted by molar-refractivity contribution is 0.0746. The average Bonchev–Trinajstić information content (AvgIpc) is 3.10. The minimum Gasteiger partial charge on any atom is -0.497 e. The highest BCUT2D eigenvalue weighted by Gasteiger charge is 2.24. The summed E-state index contributed by atoms with van der Waals surface area (Å²) in [6.07, 6.45) is 0.852. The van der Waals surface area contributed by atoms with Gasteiger partial charge in [0.1, 0.15) is 11.6 Å². The van der Waals surface area contributed by atoms with Gasteiger partial charge < -0.3 is 14.5 Å². The fourth-order valence-corrected chi connectivity index (χ4v) is 3.36. The molecule has 0 bridgehead atoms.